The molecular formula is C10H16O. The number of hydrogen-bond donors (Lipinski definition) is 1. The van der Waals surface area contributed by atoms with E-state index in [-0.39, 0.29) is 5.41 Å². The Hall–Kier alpha value is -0.300. The third-order valence-electron chi connectivity index (χ3n) is 3.45. The van der Waals surface area contributed by atoms with Crippen LogP contribution in [0.15, 0.2) is 12.2 Å². The minimum Gasteiger partial charge on any atom is -0.396 e. The zero-order chi connectivity index (χ0) is 7.90. The van der Waals surface area contributed by atoms with E-state index >= 15 is 0 Å². The molecule has 11 heavy (non-hydrogen) atoms. The molecule has 0 aromatic carbocycles. The fourth-order valence-electron chi connectivity index (χ4n) is 2.56. The molecule has 3 rings (SSSR count). The molecule has 0 heterocycles. The van der Waals surface area contributed by atoms with Crippen LogP contribution in [-0.2, 0) is 0 Å². The molecule has 0 aromatic heterocycles. The number of fused-ring (bicyclic) bond motifs is 2. The van der Waals surface area contributed by atoms with Gasteiger partial charge in [-0.05, 0) is 36.5 Å². The summed E-state index contributed by atoms with van der Waals surface area (Å²) in [5.41, 5.74) is 0.206. The molecule has 0 amide bonds. The summed E-state index contributed by atoms with van der Waals surface area (Å²) < 4.78 is 0. The first-order valence-electron chi connectivity index (χ1n) is 4.54. The molecule has 0 unspecified atom stereocenters. The van der Waals surface area contributed by atoms with Crippen molar-refractivity contribution in [2.24, 2.45) is 17.3 Å². The van der Waals surface area contributed by atoms with E-state index in [9.17, 15) is 5.11 Å². The van der Waals surface area contributed by atoms with Gasteiger partial charge in [0.25, 0.3) is 0 Å². The lowest BCUT2D eigenvalue weighted by atomic mass is 9.60. The SMILES string of the molecule is C[C@@]1(CO)C[C@H]2C=C[C@@H]1CC2. The molecule has 1 nitrogen and oxygen atoms in total. The van der Waals surface area contributed by atoms with Crippen molar-refractivity contribution in [1.29, 1.82) is 0 Å². The van der Waals surface area contributed by atoms with Gasteiger partial charge in [-0.15, -0.1) is 0 Å². The Morgan fingerprint density at radius 1 is 1.45 bits per heavy atom. The number of allylic oxidation sites excluding steroid dienone is 2. The first kappa shape index (κ1) is 7.35. The second-order valence-electron chi connectivity index (χ2n) is 4.35. The van der Waals surface area contributed by atoms with Crippen LogP contribution in [0.2, 0.25) is 0 Å². The number of hydrogen-bond acceptors (Lipinski definition) is 1. The van der Waals surface area contributed by atoms with E-state index in [1.807, 2.05) is 0 Å². The van der Waals surface area contributed by atoms with E-state index in [2.05, 4.69) is 19.1 Å². The Kier molecular flexibility index (Phi) is 1.57. The van der Waals surface area contributed by atoms with E-state index in [0.29, 0.717) is 12.5 Å². The van der Waals surface area contributed by atoms with Gasteiger partial charge >= 0.3 is 0 Å². The van der Waals surface area contributed by atoms with Gasteiger partial charge in [0.15, 0.2) is 0 Å². The Bertz CT molecular complexity index is 185. The van der Waals surface area contributed by atoms with E-state index < -0.39 is 0 Å². The highest BCUT2D eigenvalue weighted by molar-refractivity contribution is 5.10. The van der Waals surface area contributed by atoms with Crippen molar-refractivity contribution in [3.05, 3.63) is 12.2 Å². The molecule has 2 bridgehead atoms. The molecule has 62 valence electrons. The Morgan fingerprint density at radius 2 is 2.27 bits per heavy atom. The average molecular weight is 152 g/mol. The Labute approximate surface area is 68.1 Å². The molecule has 0 aliphatic heterocycles. The van der Waals surface area contributed by atoms with Gasteiger partial charge in [-0.2, -0.15) is 0 Å². The van der Waals surface area contributed by atoms with Gasteiger partial charge in [0.1, 0.15) is 0 Å². The smallest absolute Gasteiger partial charge is 0.0490 e. The standard InChI is InChI=1S/C10H16O/c1-10(7-11)6-8-2-4-9(10)5-3-8/h2,4,8-9,11H,3,5-7H2,1H3/t8-,9+,10-/m0/s1. The highest BCUT2D eigenvalue weighted by atomic mass is 16.3. The van der Waals surface area contributed by atoms with E-state index in [1.54, 1.807) is 0 Å². The minimum atomic E-state index is 0.206. The van der Waals surface area contributed by atoms with Gasteiger partial charge in [-0.1, -0.05) is 19.1 Å². The monoisotopic (exact) mass is 152 g/mol. The van der Waals surface area contributed by atoms with Crippen LogP contribution in [-0.4, -0.2) is 11.7 Å². The lowest BCUT2D eigenvalue weighted by Gasteiger charge is -2.45. The first-order chi connectivity index (χ1) is 5.24. The largest absolute Gasteiger partial charge is 0.396 e. The third kappa shape index (κ3) is 1.02. The van der Waals surface area contributed by atoms with Crippen LogP contribution in [0.1, 0.15) is 26.2 Å². The molecule has 1 fully saturated rings. The minimum absolute atomic E-state index is 0.206. The first-order valence-corrected chi connectivity index (χ1v) is 4.54. The molecule has 1 saturated carbocycles. The Balaban J connectivity index is 2.23. The van der Waals surface area contributed by atoms with Crippen molar-refractivity contribution >= 4 is 0 Å². The van der Waals surface area contributed by atoms with Crippen LogP contribution in [0.25, 0.3) is 0 Å². The van der Waals surface area contributed by atoms with Crippen molar-refractivity contribution in [2.45, 2.75) is 26.2 Å². The van der Waals surface area contributed by atoms with Gasteiger partial charge in [-0.25, -0.2) is 0 Å². The summed E-state index contributed by atoms with van der Waals surface area (Å²) in [6, 6.07) is 0. The third-order valence-corrected chi connectivity index (χ3v) is 3.45. The van der Waals surface area contributed by atoms with Crippen LogP contribution in [0.5, 0.6) is 0 Å². The van der Waals surface area contributed by atoms with E-state index in [4.69, 9.17) is 0 Å². The molecule has 1 N–H and O–H groups in total. The summed E-state index contributed by atoms with van der Waals surface area (Å²) in [6.07, 6.45) is 8.49. The van der Waals surface area contributed by atoms with Gasteiger partial charge < -0.3 is 5.11 Å². The molecular weight excluding hydrogens is 136 g/mol. The summed E-state index contributed by atoms with van der Waals surface area (Å²) in [7, 11) is 0. The summed E-state index contributed by atoms with van der Waals surface area (Å²) >= 11 is 0. The lowest BCUT2D eigenvalue weighted by Crippen LogP contribution is -2.39. The van der Waals surface area contributed by atoms with Crippen molar-refractivity contribution < 1.29 is 5.11 Å². The van der Waals surface area contributed by atoms with Crippen LogP contribution in [0.3, 0.4) is 0 Å². The van der Waals surface area contributed by atoms with Crippen LogP contribution in [0.4, 0.5) is 0 Å². The fourth-order valence-corrected chi connectivity index (χ4v) is 2.56. The summed E-state index contributed by atoms with van der Waals surface area (Å²) in [5.74, 6) is 1.41. The molecule has 0 saturated heterocycles. The maximum atomic E-state index is 9.24. The maximum absolute atomic E-state index is 9.24. The van der Waals surface area contributed by atoms with Crippen molar-refractivity contribution in [2.75, 3.05) is 6.61 Å². The zero-order valence-electron chi connectivity index (χ0n) is 7.09. The summed E-state index contributed by atoms with van der Waals surface area (Å²) in [6.45, 7) is 2.58. The van der Waals surface area contributed by atoms with Crippen molar-refractivity contribution in [1.82, 2.24) is 0 Å². The van der Waals surface area contributed by atoms with E-state index in [0.717, 1.165) is 5.92 Å². The summed E-state index contributed by atoms with van der Waals surface area (Å²) in [4.78, 5) is 0. The molecule has 1 heteroatoms. The van der Waals surface area contributed by atoms with Crippen LogP contribution in [0, 0.1) is 17.3 Å². The number of aliphatic hydroxyl groups excluding tert-OH is 1. The van der Waals surface area contributed by atoms with Gasteiger partial charge in [0.2, 0.25) is 0 Å². The van der Waals surface area contributed by atoms with Crippen molar-refractivity contribution in [3.63, 3.8) is 0 Å². The predicted molar refractivity (Wildman–Crippen MR) is 45.2 cm³/mol. The number of rotatable bonds is 1. The average Bonchev–Trinajstić information content (AvgIpc) is 2.06. The highest BCUT2D eigenvalue weighted by Gasteiger charge is 2.40. The highest BCUT2D eigenvalue weighted by Crippen LogP contribution is 2.48. The zero-order valence-corrected chi connectivity index (χ0v) is 7.09. The molecule has 3 atom stereocenters. The van der Waals surface area contributed by atoms with Crippen LogP contribution < -0.4 is 0 Å². The Morgan fingerprint density at radius 3 is 2.55 bits per heavy atom. The maximum Gasteiger partial charge on any atom is 0.0490 e. The van der Waals surface area contributed by atoms with Gasteiger partial charge in [-0.3, -0.25) is 0 Å². The second kappa shape index (κ2) is 2.34. The van der Waals surface area contributed by atoms with E-state index in [1.165, 1.54) is 19.3 Å². The summed E-state index contributed by atoms with van der Waals surface area (Å²) in [5, 5.41) is 9.24. The van der Waals surface area contributed by atoms with Gasteiger partial charge in [0, 0.05) is 6.61 Å². The molecule has 3 aliphatic rings. The van der Waals surface area contributed by atoms with Crippen LogP contribution >= 0.6 is 0 Å². The normalized spacial score (nSPS) is 48.2. The molecule has 0 radical (unpaired) electrons. The lowest BCUT2D eigenvalue weighted by molar-refractivity contribution is 0.0374. The molecule has 0 aromatic rings. The topological polar surface area (TPSA) is 20.2 Å². The quantitative estimate of drug-likeness (QED) is 0.569. The fraction of sp³-hybridized carbons (Fsp3) is 0.800. The number of aliphatic hydroxyl groups is 1. The van der Waals surface area contributed by atoms with Gasteiger partial charge in [0.05, 0.1) is 0 Å². The molecule has 3 aliphatic carbocycles. The second-order valence-corrected chi connectivity index (χ2v) is 4.35. The molecule has 0 spiro atoms. The predicted octanol–water partition coefficient (Wildman–Crippen LogP) is 1.97. The van der Waals surface area contributed by atoms with Crippen molar-refractivity contribution in [3.8, 4) is 0 Å².